The minimum atomic E-state index is -1.000. The largest absolute Gasteiger partial charge is 0.481 e. The lowest BCUT2D eigenvalue weighted by Gasteiger charge is -2.10. The second-order valence-corrected chi connectivity index (χ2v) is 5.48. The van der Waals surface area contributed by atoms with Crippen molar-refractivity contribution in [1.82, 2.24) is 9.55 Å². The van der Waals surface area contributed by atoms with Crippen molar-refractivity contribution in [2.45, 2.75) is 13.0 Å². The molecule has 0 amide bonds. The van der Waals surface area contributed by atoms with Crippen molar-refractivity contribution in [3.63, 3.8) is 0 Å². The molecule has 0 spiro atoms. The molecule has 0 saturated carbocycles. The molecule has 0 bridgehead atoms. The zero-order valence-corrected chi connectivity index (χ0v) is 13.2. The molecule has 0 atom stereocenters. The van der Waals surface area contributed by atoms with Gasteiger partial charge in [0.05, 0.1) is 17.3 Å². The molecule has 0 aliphatic carbocycles. The van der Waals surface area contributed by atoms with E-state index in [1.807, 2.05) is 0 Å². The van der Waals surface area contributed by atoms with Crippen LogP contribution in [0.15, 0.2) is 53.3 Å². The lowest BCUT2D eigenvalue weighted by molar-refractivity contribution is -0.137. The number of halogens is 1. The molecule has 3 rings (SSSR count). The molecule has 0 unspecified atom stereocenters. The minimum absolute atomic E-state index is 0.00876. The molecule has 6 heteroatoms. The molecule has 5 nitrogen and oxygen atoms in total. The monoisotopic (exact) mass is 338 g/mol. The van der Waals surface area contributed by atoms with Crippen LogP contribution in [0.5, 0.6) is 0 Å². The summed E-state index contributed by atoms with van der Waals surface area (Å²) in [5.74, 6) is -1.04. The van der Waals surface area contributed by atoms with Gasteiger partial charge in [0.2, 0.25) is 0 Å². The van der Waals surface area contributed by atoms with E-state index in [9.17, 15) is 14.0 Å². The average Bonchev–Trinajstić information content (AvgIpc) is 2.59. The van der Waals surface area contributed by atoms with Gasteiger partial charge in [-0.2, -0.15) is 0 Å². The van der Waals surface area contributed by atoms with Crippen LogP contribution in [0.3, 0.4) is 0 Å². The summed E-state index contributed by atoms with van der Waals surface area (Å²) in [7, 11) is 0. The summed E-state index contributed by atoms with van der Waals surface area (Å²) in [6.07, 6.45) is 3.03. The number of hydrogen-bond donors (Lipinski definition) is 1. The maximum atomic E-state index is 13.3. The fourth-order valence-electron chi connectivity index (χ4n) is 2.52. The van der Waals surface area contributed by atoms with Gasteiger partial charge in [0.25, 0.3) is 5.56 Å². The van der Waals surface area contributed by atoms with Crippen molar-refractivity contribution < 1.29 is 14.3 Å². The van der Waals surface area contributed by atoms with Crippen LogP contribution >= 0.6 is 0 Å². The SMILES string of the molecule is O=C(O)CCn1c(/C=C/c2cccc(F)c2)nc2ccccc2c1=O. The summed E-state index contributed by atoms with van der Waals surface area (Å²) >= 11 is 0. The third-order valence-electron chi connectivity index (χ3n) is 3.71. The predicted molar refractivity (Wildman–Crippen MR) is 93.6 cm³/mol. The lowest BCUT2D eigenvalue weighted by atomic mass is 10.2. The first-order valence-corrected chi connectivity index (χ1v) is 7.69. The number of nitrogens with zero attached hydrogens (tertiary/aromatic N) is 2. The molecule has 0 aliphatic heterocycles. The summed E-state index contributed by atoms with van der Waals surface area (Å²) in [5, 5.41) is 9.34. The van der Waals surface area contributed by atoms with E-state index in [0.29, 0.717) is 22.3 Å². The number of carbonyl (C=O) groups is 1. The summed E-state index contributed by atoms with van der Waals surface area (Å²) in [4.78, 5) is 28.0. The molecule has 1 aromatic heterocycles. The highest BCUT2D eigenvalue weighted by Gasteiger charge is 2.10. The highest BCUT2D eigenvalue weighted by Crippen LogP contribution is 2.12. The van der Waals surface area contributed by atoms with E-state index < -0.39 is 5.97 Å². The third kappa shape index (κ3) is 3.80. The van der Waals surface area contributed by atoms with Crippen molar-refractivity contribution in [3.8, 4) is 0 Å². The third-order valence-corrected chi connectivity index (χ3v) is 3.71. The van der Waals surface area contributed by atoms with Crippen LogP contribution in [0.25, 0.3) is 23.1 Å². The van der Waals surface area contributed by atoms with Gasteiger partial charge in [-0.1, -0.05) is 30.3 Å². The van der Waals surface area contributed by atoms with E-state index in [0.717, 1.165) is 0 Å². The van der Waals surface area contributed by atoms with Crippen LogP contribution < -0.4 is 5.56 Å². The topological polar surface area (TPSA) is 72.2 Å². The Labute approximate surface area is 142 Å². The van der Waals surface area contributed by atoms with E-state index in [1.54, 1.807) is 48.6 Å². The van der Waals surface area contributed by atoms with Crippen molar-refractivity contribution in [2.75, 3.05) is 0 Å². The molecule has 3 aromatic rings. The molecular formula is C19H15FN2O3. The Kier molecular flexibility index (Phi) is 4.70. The normalized spacial score (nSPS) is 11.2. The second kappa shape index (κ2) is 7.09. The molecule has 2 aromatic carbocycles. The van der Waals surface area contributed by atoms with Gasteiger partial charge >= 0.3 is 5.97 Å². The molecular weight excluding hydrogens is 323 g/mol. The maximum absolute atomic E-state index is 13.3. The molecule has 1 N–H and O–H groups in total. The molecule has 126 valence electrons. The van der Waals surface area contributed by atoms with Crippen molar-refractivity contribution in [3.05, 3.63) is 76.1 Å². The minimum Gasteiger partial charge on any atom is -0.481 e. The Hall–Kier alpha value is -3.28. The van der Waals surface area contributed by atoms with Gasteiger partial charge in [0, 0.05) is 6.54 Å². The summed E-state index contributed by atoms with van der Waals surface area (Å²) < 4.78 is 14.6. The van der Waals surface area contributed by atoms with Gasteiger partial charge in [-0.05, 0) is 35.9 Å². The van der Waals surface area contributed by atoms with E-state index >= 15 is 0 Å². The molecule has 1 heterocycles. The number of aromatic nitrogens is 2. The number of para-hydroxylation sites is 1. The Morgan fingerprint density at radius 1 is 1.16 bits per heavy atom. The van der Waals surface area contributed by atoms with Crippen LogP contribution in [0.4, 0.5) is 4.39 Å². The van der Waals surface area contributed by atoms with Crippen LogP contribution in [0.1, 0.15) is 17.8 Å². The van der Waals surface area contributed by atoms with Crippen molar-refractivity contribution in [2.24, 2.45) is 0 Å². The molecule has 25 heavy (non-hydrogen) atoms. The number of carboxylic acid groups (broad SMARTS) is 1. The highest BCUT2D eigenvalue weighted by atomic mass is 19.1. The second-order valence-electron chi connectivity index (χ2n) is 5.48. The zero-order valence-electron chi connectivity index (χ0n) is 13.2. The van der Waals surface area contributed by atoms with E-state index in [4.69, 9.17) is 5.11 Å². The van der Waals surface area contributed by atoms with Gasteiger partial charge in [-0.25, -0.2) is 9.37 Å². The number of hydrogen-bond acceptors (Lipinski definition) is 3. The lowest BCUT2D eigenvalue weighted by Crippen LogP contribution is -2.25. The zero-order chi connectivity index (χ0) is 17.8. The average molecular weight is 338 g/mol. The Morgan fingerprint density at radius 2 is 1.96 bits per heavy atom. The van der Waals surface area contributed by atoms with Crippen molar-refractivity contribution >= 4 is 29.0 Å². The maximum Gasteiger partial charge on any atom is 0.305 e. The molecule has 0 saturated heterocycles. The number of fused-ring (bicyclic) bond motifs is 1. The summed E-state index contributed by atoms with van der Waals surface area (Å²) in [6.45, 7) is 0.00876. The first-order chi connectivity index (χ1) is 12.0. The van der Waals surface area contributed by atoms with Crippen molar-refractivity contribution in [1.29, 1.82) is 0 Å². The Morgan fingerprint density at radius 3 is 2.72 bits per heavy atom. The molecule has 0 aliphatic rings. The molecule has 0 fully saturated rings. The van der Waals surface area contributed by atoms with Crippen LogP contribution in [-0.4, -0.2) is 20.6 Å². The standard InChI is InChI=1S/C19H15FN2O3/c20-14-5-3-4-13(12-14)8-9-17-21-16-7-2-1-6-15(16)19(25)22(17)11-10-18(23)24/h1-9,12H,10-11H2,(H,23,24)/b9-8+. The van der Waals surface area contributed by atoms with Crippen LogP contribution in [0, 0.1) is 5.82 Å². The summed E-state index contributed by atoms with van der Waals surface area (Å²) in [5.41, 5.74) is 0.843. The number of rotatable bonds is 5. The van der Waals surface area contributed by atoms with Gasteiger partial charge in [-0.3, -0.25) is 14.2 Å². The first-order valence-electron chi connectivity index (χ1n) is 7.69. The number of benzene rings is 2. The summed E-state index contributed by atoms with van der Waals surface area (Å²) in [6, 6.07) is 12.9. The Bertz CT molecular complexity index is 1020. The van der Waals surface area contributed by atoms with Gasteiger partial charge in [0.15, 0.2) is 0 Å². The fourth-order valence-corrected chi connectivity index (χ4v) is 2.52. The quantitative estimate of drug-likeness (QED) is 0.775. The number of carboxylic acids is 1. The first kappa shape index (κ1) is 16.6. The highest BCUT2D eigenvalue weighted by molar-refractivity contribution is 5.79. The van der Waals surface area contributed by atoms with Gasteiger partial charge < -0.3 is 5.11 Å². The van der Waals surface area contributed by atoms with Crippen LogP contribution in [-0.2, 0) is 11.3 Å². The van der Waals surface area contributed by atoms with E-state index in [1.165, 1.54) is 16.7 Å². The fraction of sp³-hybridized carbons (Fsp3) is 0.105. The van der Waals surface area contributed by atoms with Crippen LogP contribution in [0.2, 0.25) is 0 Å². The number of aliphatic carboxylic acids is 1. The van der Waals surface area contributed by atoms with E-state index in [-0.39, 0.29) is 24.3 Å². The smallest absolute Gasteiger partial charge is 0.305 e. The van der Waals surface area contributed by atoms with Gasteiger partial charge in [0.1, 0.15) is 11.6 Å². The van der Waals surface area contributed by atoms with Gasteiger partial charge in [-0.15, -0.1) is 0 Å². The Balaban J connectivity index is 2.09. The molecule has 0 radical (unpaired) electrons. The predicted octanol–water partition coefficient (Wildman–Crippen LogP) is 3.18. The van der Waals surface area contributed by atoms with E-state index in [2.05, 4.69) is 4.98 Å².